The number of hydrogen-bond acceptors (Lipinski definition) is 5. The Morgan fingerprint density at radius 1 is 1.25 bits per heavy atom. The normalized spacial score (nSPS) is 10.4. The molecule has 0 bridgehead atoms. The molecule has 0 radical (unpaired) electrons. The number of amides is 1. The van der Waals surface area contributed by atoms with Crippen LogP contribution in [-0.2, 0) is 11.3 Å². The van der Waals surface area contributed by atoms with Gasteiger partial charge in [-0.05, 0) is 38.0 Å². The van der Waals surface area contributed by atoms with E-state index >= 15 is 0 Å². The smallest absolute Gasteiger partial charge is 0.303 e. The van der Waals surface area contributed by atoms with Crippen molar-refractivity contribution in [3.8, 4) is 5.75 Å². The van der Waals surface area contributed by atoms with Crippen LogP contribution in [0.2, 0.25) is 0 Å². The molecule has 0 aliphatic rings. The molecule has 0 atom stereocenters. The predicted octanol–water partition coefficient (Wildman–Crippen LogP) is 2.47. The third-order valence-corrected chi connectivity index (χ3v) is 3.44. The van der Waals surface area contributed by atoms with Gasteiger partial charge in [-0.25, -0.2) is 0 Å². The molecule has 2 aromatic rings. The lowest BCUT2D eigenvalue weighted by Gasteiger charge is -2.08. The van der Waals surface area contributed by atoms with Gasteiger partial charge in [0.05, 0.1) is 12.3 Å². The lowest BCUT2D eigenvalue weighted by atomic mass is 10.1. The van der Waals surface area contributed by atoms with Crippen LogP contribution in [0.25, 0.3) is 0 Å². The standard InChI is InChI=1S/C17H20N2O5/c1-11-16(12(2)24-19-11)17(22)18-10-13-5-7-14(8-6-13)23-9-3-4-15(20)21/h5-8H,3-4,9-10H2,1-2H3,(H,18,22)(H,20,21). The number of nitrogens with one attached hydrogen (secondary N) is 1. The zero-order valence-electron chi connectivity index (χ0n) is 13.7. The van der Waals surface area contributed by atoms with Gasteiger partial charge in [0.25, 0.3) is 5.91 Å². The van der Waals surface area contributed by atoms with Crippen LogP contribution >= 0.6 is 0 Å². The summed E-state index contributed by atoms with van der Waals surface area (Å²) in [4.78, 5) is 22.5. The number of carbonyl (C=O) groups excluding carboxylic acids is 1. The number of hydrogen-bond donors (Lipinski definition) is 2. The van der Waals surface area contributed by atoms with E-state index < -0.39 is 5.97 Å². The van der Waals surface area contributed by atoms with Gasteiger partial charge < -0.3 is 19.7 Å². The van der Waals surface area contributed by atoms with Crippen LogP contribution in [0.3, 0.4) is 0 Å². The highest BCUT2D eigenvalue weighted by Crippen LogP contribution is 2.14. The Hall–Kier alpha value is -2.83. The van der Waals surface area contributed by atoms with E-state index in [4.69, 9.17) is 14.4 Å². The monoisotopic (exact) mass is 332 g/mol. The molecule has 1 aromatic heterocycles. The Labute approximate surface area is 139 Å². The molecule has 0 unspecified atom stereocenters. The summed E-state index contributed by atoms with van der Waals surface area (Å²) in [5, 5.41) is 15.1. The number of benzene rings is 1. The zero-order chi connectivity index (χ0) is 17.5. The van der Waals surface area contributed by atoms with Gasteiger partial charge in [-0.2, -0.15) is 0 Å². The summed E-state index contributed by atoms with van der Waals surface area (Å²) < 4.78 is 10.4. The summed E-state index contributed by atoms with van der Waals surface area (Å²) in [6, 6.07) is 7.27. The van der Waals surface area contributed by atoms with Crippen LogP contribution in [-0.4, -0.2) is 28.7 Å². The first-order valence-corrected chi connectivity index (χ1v) is 7.62. The lowest BCUT2D eigenvalue weighted by Crippen LogP contribution is -2.23. The molecule has 0 spiro atoms. The first kappa shape index (κ1) is 17.5. The number of aliphatic carboxylic acids is 1. The number of rotatable bonds is 8. The fourth-order valence-electron chi connectivity index (χ4n) is 2.19. The molecule has 128 valence electrons. The summed E-state index contributed by atoms with van der Waals surface area (Å²) >= 11 is 0. The quantitative estimate of drug-likeness (QED) is 0.720. The van der Waals surface area contributed by atoms with E-state index in [1.807, 2.05) is 12.1 Å². The van der Waals surface area contributed by atoms with Crippen LogP contribution in [0.1, 0.15) is 40.2 Å². The SMILES string of the molecule is Cc1noc(C)c1C(=O)NCc1ccc(OCCCC(=O)O)cc1. The molecule has 0 saturated carbocycles. The van der Waals surface area contributed by atoms with Crippen LogP contribution < -0.4 is 10.1 Å². The molecule has 1 heterocycles. The van der Waals surface area contributed by atoms with E-state index in [1.54, 1.807) is 26.0 Å². The molecule has 7 nitrogen and oxygen atoms in total. The van der Waals surface area contributed by atoms with E-state index in [2.05, 4.69) is 10.5 Å². The third-order valence-electron chi connectivity index (χ3n) is 3.44. The van der Waals surface area contributed by atoms with Gasteiger partial charge in [0, 0.05) is 13.0 Å². The van der Waals surface area contributed by atoms with Gasteiger partial charge in [0.15, 0.2) is 0 Å². The average molecular weight is 332 g/mol. The number of aromatic nitrogens is 1. The number of carbonyl (C=O) groups is 2. The van der Waals surface area contributed by atoms with E-state index in [0.29, 0.717) is 42.3 Å². The Morgan fingerprint density at radius 2 is 1.96 bits per heavy atom. The van der Waals surface area contributed by atoms with Crippen molar-refractivity contribution in [2.24, 2.45) is 0 Å². The van der Waals surface area contributed by atoms with Crippen LogP contribution in [0.5, 0.6) is 5.75 Å². The first-order valence-electron chi connectivity index (χ1n) is 7.62. The van der Waals surface area contributed by atoms with Gasteiger partial charge in [0.2, 0.25) is 0 Å². The van der Waals surface area contributed by atoms with Crippen molar-refractivity contribution in [1.29, 1.82) is 0 Å². The molecule has 24 heavy (non-hydrogen) atoms. The highest BCUT2D eigenvalue weighted by molar-refractivity contribution is 5.96. The minimum absolute atomic E-state index is 0.0891. The Kier molecular flexibility index (Phi) is 5.95. The summed E-state index contributed by atoms with van der Waals surface area (Å²) in [5.41, 5.74) is 1.96. The van der Waals surface area contributed by atoms with E-state index in [0.717, 1.165) is 5.56 Å². The number of ether oxygens (including phenoxy) is 1. The number of carboxylic acid groups (broad SMARTS) is 1. The van der Waals surface area contributed by atoms with Gasteiger partial charge in [-0.3, -0.25) is 9.59 Å². The maximum Gasteiger partial charge on any atom is 0.303 e. The molecule has 2 N–H and O–H groups in total. The van der Waals surface area contributed by atoms with E-state index in [9.17, 15) is 9.59 Å². The lowest BCUT2D eigenvalue weighted by molar-refractivity contribution is -0.137. The van der Waals surface area contributed by atoms with Crippen molar-refractivity contribution >= 4 is 11.9 Å². The second-order valence-corrected chi connectivity index (χ2v) is 5.37. The molecule has 0 aliphatic carbocycles. The first-order chi connectivity index (χ1) is 11.5. The average Bonchev–Trinajstić information content (AvgIpc) is 2.89. The van der Waals surface area contributed by atoms with Crippen LogP contribution in [0, 0.1) is 13.8 Å². The second kappa shape index (κ2) is 8.14. The molecular formula is C17H20N2O5. The molecule has 0 aliphatic heterocycles. The number of aryl methyl sites for hydroxylation is 2. The molecule has 0 saturated heterocycles. The summed E-state index contributed by atoms with van der Waals surface area (Å²) in [7, 11) is 0. The van der Waals surface area contributed by atoms with Gasteiger partial charge >= 0.3 is 5.97 Å². The largest absolute Gasteiger partial charge is 0.494 e. The Morgan fingerprint density at radius 3 is 2.54 bits per heavy atom. The molecule has 1 aromatic carbocycles. The topological polar surface area (TPSA) is 102 Å². The number of carboxylic acids is 1. The molecule has 2 rings (SSSR count). The summed E-state index contributed by atoms with van der Waals surface area (Å²) in [5.74, 6) is 0.111. The predicted molar refractivity (Wildman–Crippen MR) is 86.0 cm³/mol. The summed E-state index contributed by atoms with van der Waals surface area (Å²) in [6.45, 7) is 4.16. The maximum absolute atomic E-state index is 12.1. The molecule has 1 amide bonds. The van der Waals surface area contributed by atoms with Crippen molar-refractivity contribution in [3.05, 3.63) is 46.8 Å². The van der Waals surface area contributed by atoms with Crippen LogP contribution in [0.4, 0.5) is 0 Å². The van der Waals surface area contributed by atoms with E-state index in [-0.39, 0.29) is 12.3 Å². The van der Waals surface area contributed by atoms with Crippen molar-refractivity contribution in [2.75, 3.05) is 6.61 Å². The highest BCUT2D eigenvalue weighted by Gasteiger charge is 2.16. The minimum Gasteiger partial charge on any atom is -0.494 e. The number of nitrogens with zero attached hydrogens (tertiary/aromatic N) is 1. The van der Waals surface area contributed by atoms with Crippen molar-refractivity contribution < 1.29 is 24.0 Å². The van der Waals surface area contributed by atoms with Crippen LogP contribution in [0.15, 0.2) is 28.8 Å². The van der Waals surface area contributed by atoms with Gasteiger partial charge in [0.1, 0.15) is 17.1 Å². The minimum atomic E-state index is -0.831. The zero-order valence-corrected chi connectivity index (χ0v) is 13.7. The fraction of sp³-hybridized carbons (Fsp3) is 0.353. The summed E-state index contributed by atoms with van der Waals surface area (Å²) in [6.07, 6.45) is 0.552. The van der Waals surface area contributed by atoms with Gasteiger partial charge in [-0.1, -0.05) is 17.3 Å². The highest BCUT2D eigenvalue weighted by atomic mass is 16.5. The van der Waals surface area contributed by atoms with Gasteiger partial charge in [-0.15, -0.1) is 0 Å². The maximum atomic E-state index is 12.1. The van der Waals surface area contributed by atoms with E-state index in [1.165, 1.54) is 0 Å². The molecular weight excluding hydrogens is 312 g/mol. The fourth-order valence-corrected chi connectivity index (χ4v) is 2.19. The Bertz CT molecular complexity index is 687. The van der Waals surface area contributed by atoms with Crippen molar-refractivity contribution in [3.63, 3.8) is 0 Å². The molecule has 7 heteroatoms. The van der Waals surface area contributed by atoms with Crippen molar-refractivity contribution in [2.45, 2.75) is 33.2 Å². The molecule has 0 fully saturated rings. The Balaban J connectivity index is 1.81. The second-order valence-electron chi connectivity index (χ2n) is 5.37. The third kappa shape index (κ3) is 4.84. The van der Waals surface area contributed by atoms with Crippen molar-refractivity contribution in [1.82, 2.24) is 10.5 Å².